The van der Waals surface area contributed by atoms with Gasteiger partial charge in [-0.3, -0.25) is 14.7 Å². The summed E-state index contributed by atoms with van der Waals surface area (Å²) in [6.45, 7) is 5.44. The lowest BCUT2D eigenvalue weighted by atomic mass is 10.1. The summed E-state index contributed by atoms with van der Waals surface area (Å²) < 4.78 is 0. The van der Waals surface area contributed by atoms with Crippen molar-refractivity contribution in [2.75, 3.05) is 13.1 Å². The quantitative estimate of drug-likeness (QED) is 0.695. The van der Waals surface area contributed by atoms with Crippen LogP contribution in [0.1, 0.15) is 20.3 Å². The Balaban J connectivity index is 2.45. The van der Waals surface area contributed by atoms with E-state index in [1.54, 1.807) is 4.90 Å². The van der Waals surface area contributed by atoms with Crippen molar-refractivity contribution in [1.29, 1.82) is 5.26 Å². The van der Waals surface area contributed by atoms with Gasteiger partial charge in [-0.1, -0.05) is 25.6 Å². The van der Waals surface area contributed by atoms with Crippen molar-refractivity contribution in [1.82, 2.24) is 4.90 Å². The first-order chi connectivity index (χ1) is 7.65. The van der Waals surface area contributed by atoms with Crippen LogP contribution in [0.2, 0.25) is 0 Å². The molecule has 1 amide bonds. The minimum Gasteiger partial charge on any atom is -0.286 e. The highest BCUT2D eigenvalue weighted by atomic mass is 32.2. The fourth-order valence-corrected chi connectivity index (χ4v) is 2.87. The van der Waals surface area contributed by atoms with E-state index in [9.17, 15) is 4.79 Å². The number of fused-ring (bicyclic) bond motifs is 1. The molecule has 2 aliphatic rings. The second-order valence-electron chi connectivity index (χ2n) is 4.08. The lowest BCUT2D eigenvalue weighted by Gasteiger charge is -2.32. The van der Waals surface area contributed by atoms with Crippen LogP contribution in [0.25, 0.3) is 0 Å². The smallest absolute Gasteiger partial charge is 0.271 e. The topological polar surface area (TPSA) is 56.5 Å². The van der Waals surface area contributed by atoms with Crippen molar-refractivity contribution < 1.29 is 4.79 Å². The molecular weight excluding hydrogens is 222 g/mol. The predicted octanol–water partition coefficient (Wildman–Crippen LogP) is 1.76. The Labute approximate surface area is 99.0 Å². The molecule has 4 nitrogen and oxygen atoms in total. The van der Waals surface area contributed by atoms with Gasteiger partial charge in [0.1, 0.15) is 11.6 Å². The Bertz CT molecular complexity index is 431. The molecule has 0 aromatic heterocycles. The van der Waals surface area contributed by atoms with Crippen molar-refractivity contribution in [3.8, 4) is 6.07 Å². The summed E-state index contributed by atoms with van der Waals surface area (Å²) in [6.07, 6.45) is 0.880. The molecule has 0 saturated carbocycles. The van der Waals surface area contributed by atoms with Gasteiger partial charge in [-0.15, -0.1) is 0 Å². The number of hydrogen-bond donors (Lipinski definition) is 0. The molecule has 0 aromatic carbocycles. The molecule has 0 spiro atoms. The molecule has 0 radical (unpaired) electrons. The maximum atomic E-state index is 12.1. The second kappa shape index (κ2) is 4.30. The first kappa shape index (κ1) is 11.2. The van der Waals surface area contributed by atoms with Crippen molar-refractivity contribution in [2.24, 2.45) is 10.9 Å². The first-order valence-corrected chi connectivity index (χ1v) is 6.15. The summed E-state index contributed by atoms with van der Waals surface area (Å²) in [4.78, 5) is 18.9. The monoisotopic (exact) mass is 235 g/mol. The van der Waals surface area contributed by atoms with E-state index in [0.717, 1.165) is 23.0 Å². The van der Waals surface area contributed by atoms with Gasteiger partial charge >= 0.3 is 0 Å². The number of rotatable bonds is 1. The standard InChI is InChI=1S/C11H13N3OS/c1-7(2)9-8(6-12)10(15)14-5-3-4-13-11(14)16-9/h7H,3-5H2,1-2H3. The van der Waals surface area contributed by atoms with E-state index in [0.29, 0.717) is 12.1 Å². The zero-order chi connectivity index (χ0) is 11.7. The van der Waals surface area contributed by atoms with E-state index < -0.39 is 0 Å². The predicted molar refractivity (Wildman–Crippen MR) is 63.7 cm³/mol. The van der Waals surface area contributed by atoms with Gasteiger partial charge in [-0.2, -0.15) is 5.26 Å². The Morgan fingerprint density at radius 3 is 2.94 bits per heavy atom. The summed E-state index contributed by atoms with van der Waals surface area (Å²) in [6, 6.07) is 2.03. The van der Waals surface area contributed by atoms with Crippen LogP contribution < -0.4 is 0 Å². The summed E-state index contributed by atoms with van der Waals surface area (Å²) >= 11 is 1.47. The van der Waals surface area contributed by atoms with E-state index in [4.69, 9.17) is 5.26 Å². The molecule has 2 heterocycles. The van der Waals surface area contributed by atoms with E-state index >= 15 is 0 Å². The number of allylic oxidation sites excluding steroid dienone is 1. The summed E-state index contributed by atoms with van der Waals surface area (Å²) in [5.74, 6) is 0.0128. The third-order valence-electron chi connectivity index (χ3n) is 2.56. The van der Waals surface area contributed by atoms with Crippen molar-refractivity contribution in [3.63, 3.8) is 0 Å². The number of amides is 1. The number of amidine groups is 1. The molecule has 84 valence electrons. The largest absolute Gasteiger partial charge is 0.286 e. The SMILES string of the molecule is CC(C)C1=C(C#N)C(=O)N2CCCN=C2S1. The second-order valence-corrected chi connectivity index (χ2v) is 5.09. The van der Waals surface area contributed by atoms with E-state index in [2.05, 4.69) is 4.99 Å². The molecule has 16 heavy (non-hydrogen) atoms. The fourth-order valence-electron chi connectivity index (χ4n) is 1.76. The van der Waals surface area contributed by atoms with E-state index in [1.807, 2.05) is 19.9 Å². The van der Waals surface area contributed by atoms with Gasteiger partial charge in [-0.05, 0) is 12.3 Å². The van der Waals surface area contributed by atoms with Gasteiger partial charge in [0.2, 0.25) is 0 Å². The Hall–Kier alpha value is -1.28. The maximum Gasteiger partial charge on any atom is 0.271 e. The number of nitriles is 1. The van der Waals surface area contributed by atoms with Crippen LogP contribution in [0.15, 0.2) is 15.5 Å². The Kier molecular flexibility index (Phi) is 3.01. The summed E-state index contributed by atoms with van der Waals surface area (Å²) in [5.41, 5.74) is 0.292. The van der Waals surface area contributed by atoms with Gasteiger partial charge in [-0.25, -0.2) is 0 Å². The first-order valence-electron chi connectivity index (χ1n) is 5.33. The number of nitrogens with zero attached hydrogens (tertiary/aromatic N) is 3. The molecule has 2 rings (SSSR count). The van der Waals surface area contributed by atoms with Crippen LogP contribution in [-0.4, -0.2) is 29.1 Å². The highest BCUT2D eigenvalue weighted by molar-refractivity contribution is 8.17. The highest BCUT2D eigenvalue weighted by Gasteiger charge is 2.34. The summed E-state index contributed by atoms with van der Waals surface area (Å²) in [7, 11) is 0. The molecule has 0 N–H and O–H groups in total. The average molecular weight is 235 g/mol. The Morgan fingerprint density at radius 2 is 2.31 bits per heavy atom. The van der Waals surface area contributed by atoms with Crippen LogP contribution >= 0.6 is 11.8 Å². The van der Waals surface area contributed by atoms with E-state index in [-0.39, 0.29) is 11.8 Å². The van der Waals surface area contributed by atoms with Crippen molar-refractivity contribution in [3.05, 3.63) is 10.5 Å². The lowest BCUT2D eigenvalue weighted by Crippen LogP contribution is -2.42. The normalized spacial score (nSPS) is 20.8. The van der Waals surface area contributed by atoms with Gasteiger partial charge in [0, 0.05) is 18.0 Å². The molecule has 0 saturated heterocycles. The number of aliphatic imine (C=N–C) groups is 1. The molecule has 0 bridgehead atoms. The van der Waals surface area contributed by atoms with Crippen LogP contribution in [0.5, 0.6) is 0 Å². The van der Waals surface area contributed by atoms with Crippen LogP contribution in [0, 0.1) is 17.2 Å². The maximum absolute atomic E-state index is 12.1. The van der Waals surface area contributed by atoms with E-state index in [1.165, 1.54) is 11.8 Å². The third kappa shape index (κ3) is 1.74. The molecule has 5 heteroatoms. The zero-order valence-electron chi connectivity index (χ0n) is 9.36. The van der Waals surface area contributed by atoms with Crippen molar-refractivity contribution >= 4 is 22.8 Å². The van der Waals surface area contributed by atoms with Gasteiger partial charge in [0.25, 0.3) is 5.91 Å². The van der Waals surface area contributed by atoms with Crippen LogP contribution in [0.3, 0.4) is 0 Å². The summed E-state index contributed by atoms with van der Waals surface area (Å²) in [5, 5.41) is 9.83. The number of carbonyl (C=O) groups is 1. The fraction of sp³-hybridized carbons (Fsp3) is 0.545. The van der Waals surface area contributed by atoms with Gasteiger partial charge < -0.3 is 0 Å². The third-order valence-corrected chi connectivity index (χ3v) is 3.99. The Morgan fingerprint density at radius 1 is 1.56 bits per heavy atom. The molecular formula is C11H13N3OS. The van der Waals surface area contributed by atoms with Gasteiger partial charge in [0.15, 0.2) is 5.17 Å². The number of carbonyl (C=O) groups excluding carboxylic acids is 1. The van der Waals surface area contributed by atoms with Gasteiger partial charge in [0.05, 0.1) is 0 Å². The minimum atomic E-state index is -0.177. The van der Waals surface area contributed by atoms with Crippen molar-refractivity contribution in [2.45, 2.75) is 20.3 Å². The average Bonchev–Trinajstić information content (AvgIpc) is 2.29. The zero-order valence-corrected chi connectivity index (χ0v) is 10.2. The molecule has 0 aromatic rings. The minimum absolute atomic E-state index is 0.177. The lowest BCUT2D eigenvalue weighted by molar-refractivity contribution is -0.123. The molecule has 2 aliphatic heterocycles. The molecule has 0 fully saturated rings. The molecule has 0 aliphatic carbocycles. The van der Waals surface area contributed by atoms with Crippen LogP contribution in [0.4, 0.5) is 0 Å². The number of thioether (sulfide) groups is 1. The highest BCUT2D eigenvalue weighted by Crippen LogP contribution is 2.36. The molecule has 0 unspecified atom stereocenters. The number of hydrogen-bond acceptors (Lipinski definition) is 4. The molecule has 0 atom stereocenters. The van der Waals surface area contributed by atoms with Crippen LogP contribution in [-0.2, 0) is 4.79 Å².